The summed E-state index contributed by atoms with van der Waals surface area (Å²) in [7, 11) is 0. The van der Waals surface area contributed by atoms with Crippen LogP contribution in [0.1, 0.15) is 22.3 Å². The van der Waals surface area contributed by atoms with Gasteiger partial charge in [-0.1, -0.05) is 6.07 Å². The van der Waals surface area contributed by atoms with E-state index in [1.54, 1.807) is 6.07 Å². The molecular weight excluding hydrogens is 184 g/mol. The van der Waals surface area contributed by atoms with Gasteiger partial charge >= 0.3 is 5.97 Å². The van der Waals surface area contributed by atoms with Crippen molar-refractivity contribution in [1.82, 2.24) is 0 Å². The van der Waals surface area contributed by atoms with Crippen LogP contribution in [0.25, 0.3) is 0 Å². The number of aliphatic hydroxyl groups excluding tert-OH is 1. The van der Waals surface area contributed by atoms with Gasteiger partial charge in [0.15, 0.2) is 0 Å². The number of hydrogen-bond acceptors (Lipinski definition) is 3. The number of benzene rings is 1. The van der Waals surface area contributed by atoms with Crippen LogP contribution >= 0.6 is 0 Å². The summed E-state index contributed by atoms with van der Waals surface area (Å²) >= 11 is 0. The minimum atomic E-state index is -1.15. The molecule has 0 spiro atoms. The molecule has 76 valence electrons. The molecule has 1 rings (SSSR count). The first-order valence-corrected chi connectivity index (χ1v) is 4.31. The number of rotatable bonds is 4. The number of carboxylic acid groups (broad SMARTS) is 1. The van der Waals surface area contributed by atoms with E-state index in [-0.39, 0.29) is 17.9 Å². The molecule has 0 amide bonds. The largest absolute Gasteiger partial charge is 0.507 e. The lowest BCUT2D eigenvalue weighted by molar-refractivity contribution is 0.0693. The lowest BCUT2D eigenvalue weighted by Crippen LogP contribution is -1.99. The number of carboxylic acids is 1. The van der Waals surface area contributed by atoms with Crippen LogP contribution in [0.2, 0.25) is 0 Å². The molecule has 0 aromatic heterocycles. The molecule has 0 radical (unpaired) electrons. The van der Waals surface area contributed by atoms with Crippen LogP contribution in [-0.4, -0.2) is 27.9 Å². The molecule has 0 aliphatic rings. The van der Waals surface area contributed by atoms with Crippen LogP contribution in [0.4, 0.5) is 0 Å². The Morgan fingerprint density at radius 1 is 1.36 bits per heavy atom. The standard InChI is InChI=1S/C10H12O4/c11-5-1-2-7-3-4-9(12)8(6-7)10(13)14/h3-4,6,11-12H,1-2,5H2,(H,13,14). The molecule has 3 N–H and O–H groups in total. The third-order valence-corrected chi connectivity index (χ3v) is 1.91. The third-order valence-electron chi connectivity index (χ3n) is 1.91. The van der Waals surface area contributed by atoms with Crippen molar-refractivity contribution in [2.75, 3.05) is 6.61 Å². The van der Waals surface area contributed by atoms with Gasteiger partial charge in [-0.2, -0.15) is 0 Å². The molecule has 4 heteroatoms. The van der Waals surface area contributed by atoms with Crippen molar-refractivity contribution in [3.63, 3.8) is 0 Å². The Balaban J connectivity index is 2.89. The van der Waals surface area contributed by atoms with E-state index in [0.717, 1.165) is 5.56 Å². The van der Waals surface area contributed by atoms with E-state index in [0.29, 0.717) is 12.8 Å². The molecule has 0 unspecified atom stereocenters. The van der Waals surface area contributed by atoms with Gasteiger partial charge in [-0.25, -0.2) is 4.79 Å². The molecule has 0 atom stereocenters. The normalized spacial score (nSPS) is 10.1. The molecule has 0 bridgehead atoms. The van der Waals surface area contributed by atoms with Crippen LogP contribution in [0.3, 0.4) is 0 Å². The Morgan fingerprint density at radius 3 is 2.64 bits per heavy atom. The fourth-order valence-electron chi connectivity index (χ4n) is 1.19. The van der Waals surface area contributed by atoms with Gasteiger partial charge in [0.25, 0.3) is 0 Å². The number of hydrogen-bond donors (Lipinski definition) is 3. The minimum absolute atomic E-state index is 0.0727. The highest BCUT2D eigenvalue weighted by Crippen LogP contribution is 2.19. The predicted molar refractivity (Wildman–Crippen MR) is 50.5 cm³/mol. The van der Waals surface area contributed by atoms with Crippen molar-refractivity contribution < 1.29 is 20.1 Å². The van der Waals surface area contributed by atoms with Crippen LogP contribution < -0.4 is 0 Å². The summed E-state index contributed by atoms with van der Waals surface area (Å²) in [4.78, 5) is 10.6. The van der Waals surface area contributed by atoms with Gasteiger partial charge < -0.3 is 15.3 Å². The number of aryl methyl sites for hydroxylation is 1. The van der Waals surface area contributed by atoms with Crippen LogP contribution in [0.15, 0.2) is 18.2 Å². The molecule has 0 saturated heterocycles. The zero-order valence-corrected chi connectivity index (χ0v) is 7.60. The Kier molecular flexibility index (Phi) is 3.48. The van der Waals surface area contributed by atoms with E-state index in [1.165, 1.54) is 12.1 Å². The molecule has 4 nitrogen and oxygen atoms in total. The summed E-state index contributed by atoms with van der Waals surface area (Å²) in [5, 5.41) is 26.5. The predicted octanol–water partition coefficient (Wildman–Crippen LogP) is 1.02. The van der Waals surface area contributed by atoms with Gasteiger partial charge in [-0.15, -0.1) is 0 Å². The van der Waals surface area contributed by atoms with Crippen molar-refractivity contribution in [3.05, 3.63) is 29.3 Å². The maximum Gasteiger partial charge on any atom is 0.339 e. The van der Waals surface area contributed by atoms with Crippen LogP contribution in [-0.2, 0) is 6.42 Å². The first-order chi connectivity index (χ1) is 6.65. The first kappa shape index (κ1) is 10.5. The zero-order chi connectivity index (χ0) is 10.6. The average Bonchev–Trinajstić information content (AvgIpc) is 2.16. The SMILES string of the molecule is O=C(O)c1cc(CCCO)ccc1O. The second-order valence-corrected chi connectivity index (χ2v) is 2.98. The fraction of sp³-hybridized carbons (Fsp3) is 0.300. The van der Waals surface area contributed by atoms with Crippen molar-refractivity contribution in [2.24, 2.45) is 0 Å². The molecular formula is C10H12O4. The monoisotopic (exact) mass is 196 g/mol. The highest BCUT2D eigenvalue weighted by atomic mass is 16.4. The second kappa shape index (κ2) is 4.62. The molecule has 0 aliphatic heterocycles. The third kappa shape index (κ3) is 2.47. The van der Waals surface area contributed by atoms with E-state index >= 15 is 0 Å². The van der Waals surface area contributed by atoms with Crippen molar-refractivity contribution in [1.29, 1.82) is 0 Å². The minimum Gasteiger partial charge on any atom is -0.507 e. The fourth-order valence-corrected chi connectivity index (χ4v) is 1.19. The molecule has 0 saturated carbocycles. The van der Waals surface area contributed by atoms with Gasteiger partial charge in [0.2, 0.25) is 0 Å². The zero-order valence-electron chi connectivity index (χ0n) is 7.60. The quantitative estimate of drug-likeness (QED) is 0.671. The first-order valence-electron chi connectivity index (χ1n) is 4.31. The molecule has 1 aromatic rings. The molecule has 1 aromatic carbocycles. The van der Waals surface area contributed by atoms with Crippen LogP contribution in [0, 0.1) is 0 Å². The Morgan fingerprint density at radius 2 is 2.07 bits per heavy atom. The summed E-state index contributed by atoms with van der Waals surface area (Å²) in [6, 6.07) is 4.43. The number of phenols is 1. The molecule has 14 heavy (non-hydrogen) atoms. The van der Waals surface area contributed by atoms with E-state index in [1.807, 2.05) is 0 Å². The number of aromatic carboxylic acids is 1. The van der Waals surface area contributed by atoms with Crippen molar-refractivity contribution in [2.45, 2.75) is 12.8 Å². The Bertz CT molecular complexity index is 333. The summed E-state index contributed by atoms with van der Waals surface area (Å²) in [5.74, 6) is -1.38. The molecule has 0 fully saturated rings. The van der Waals surface area contributed by atoms with E-state index in [4.69, 9.17) is 10.2 Å². The lowest BCUT2D eigenvalue weighted by atomic mass is 10.1. The van der Waals surface area contributed by atoms with Crippen molar-refractivity contribution >= 4 is 5.97 Å². The average molecular weight is 196 g/mol. The number of aliphatic hydroxyl groups is 1. The summed E-state index contributed by atoms with van der Waals surface area (Å²) < 4.78 is 0. The second-order valence-electron chi connectivity index (χ2n) is 2.98. The summed E-state index contributed by atoms with van der Waals surface area (Å²) in [6.45, 7) is 0.0727. The van der Waals surface area contributed by atoms with Gasteiger partial charge in [-0.3, -0.25) is 0 Å². The number of carbonyl (C=O) groups is 1. The van der Waals surface area contributed by atoms with E-state index < -0.39 is 5.97 Å². The number of aromatic hydroxyl groups is 1. The van der Waals surface area contributed by atoms with E-state index in [9.17, 15) is 9.90 Å². The van der Waals surface area contributed by atoms with Crippen molar-refractivity contribution in [3.8, 4) is 5.75 Å². The van der Waals surface area contributed by atoms with Gasteiger partial charge in [0.05, 0.1) is 0 Å². The highest BCUT2D eigenvalue weighted by molar-refractivity contribution is 5.90. The summed E-state index contributed by atoms with van der Waals surface area (Å²) in [5.41, 5.74) is 0.703. The Hall–Kier alpha value is -1.55. The Labute approximate surface area is 81.4 Å². The summed E-state index contributed by atoms with van der Waals surface area (Å²) in [6.07, 6.45) is 1.20. The van der Waals surface area contributed by atoms with Gasteiger partial charge in [-0.05, 0) is 30.5 Å². The maximum absolute atomic E-state index is 10.6. The topological polar surface area (TPSA) is 77.8 Å². The van der Waals surface area contributed by atoms with Gasteiger partial charge in [0, 0.05) is 6.61 Å². The highest BCUT2D eigenvalue weighted by Gasteiger charge is 2.09. The smallest absolute Gasteiger partial charge is 0.339 e. The molecule has 0 heterocycles. The maximum atomic E-state index is 10.6. The van der Waals surface area contributed by atoms with E-state index in [2.05, 4.69) is 0 Å². The van der Waals surface area contributed by atoms with Crippen LogP contribution in [0.5, 0.6) is 5.75 Å². The van der Waals surface area contributed by atoms with Gasteiger partial charge in [0.1, 0.15) is 11.3 Å². The lowest BCUT2D eigenvalue weighted by Gasteiger charge is -2.03. The molecule has 0 aliphatic carbocycles.